The minimum absolute atomic E-state index is 0.389. The highest BCUT2D eigenvalue weighted by molar-refractivity contribution is 6.50. The first-order chi connectivity index (χ1) is 6.59. The summed E-state index contributed by atoms with van der Waals surface area (Å²) in [6, 6.07) is 3.84. The number of hydrogen-bond donors (Lipinski definition) is 0. The molecule has 14 heavy (non-hydrogen) atoms. The Morgan fingerprint density at radius 1 is 1.00 bits per heavy atom. The van der Waals surface area contributed by atoms with Crippen LogP contribution in [0.25, 0.3) is 6.08 Å². The average molecular weight is 186 g/mol. The highest BCUT2D eigenvalue weighted by Gasteiger charge is 2.22. The fourth-order valence-electron chi connectivity index (χ4n) is 1.81. The molecule has 0 fully saturated rings. The molecule has 0 atom stereocenters. The number of carbonyl (C=O) groups excluding carboxylic acids is 2. The molecule has 70 valence electrons. The molecule has 0 N–H and O–H groups in total. The van der Waals surface area contributed by atoms with Crippen LogP contribution in [0.5, 0.6) is 0 Å². The number of aryl methyl sites for hydroxylation is 2. The second-order valence-corrected chi connectivity index (χ2v) is 3.57. The number of hydrogen-bond acceptors (Lipinski definition) is 2. The van der Waals surface area contributed by atoms with Gasteiger partial charge in [0.25, 0.3) is 0 Å². The Hall–Kier alpha value is -1.70. The standard InChI is InChI=1S/C12H10O2/c1-7-5-8(2)11-9(6-7)3-4-10(13)12(11)14/h3-6H,1-2H3. The van der Waals surface area contributed by atoms with Gasteiger partial charge in [0.1, 0.15) is 0 Å². The second kappa shape index (κ2) is 2.91. The van der Waals surface area contributed by atoms with E-state index in [-0.39, 0.29) is 5.78 Å². The third kappa shape index (κ3) is 1.20. The van der Waals surface area contributed by atoms with Crippen LogP contribution in [0, 0.1) is 13.8 Å². The molecule has 0 saturated heterocycles. The lowest BCUT2D eigenvalue weighted by Crippen LogP contribution is -2.17. The number of fused-ring (bicyclic) bond motifs is 1. The zero-order valence-electron chi connectivity index (χ0n) is 8.13. The predicted octanol–water partition coefficient (Wildman–Crippen LogP) is 2.08. The van der Waals surface area contributed by atoms with Gasteiger partial charge in [0.2, 0.25) is 11.6 Å². The van der Waals surface area contributed by atoms with Crippen molar-refractivity contribution in [1.82, 2.24) is 0 Å². The monoisotopic (exact) mass is 186 g/mol. The molecule has 0 aromatic heterocycles. The van der Waals surface area contributed by atoms with Crippen LogP contribution in [0.4, 0.5) is 0 Å². The highest BCUT2D eigenvalue weighted by atomic mass is 16.2. The minimum atomic E-state index is -0.426. The SMILES string of the molecule is Cc1cc(C)c2c(c1)C=CC(=O)C2=O. The van der Waals surface area contributed by atoms with Crippen molar-refractivity contribution in [3.05, 3.63) is 40.5 Å². The van der Waals surface area contributed by atoms with Gasteiger partial charge in [-0.3, -0.25) is 9.59 Å². The molecule has 0 spiro atoms. The van der Waals surface area contributed by atoms with Crippen molar-refractivity contribution in [2.75, 3.05) is 0 Å². The van der Waals surface area contributed by atoms with E-state index in [4.69, 9.17) is 0 Å². The summed E-state index contributed by atoms with van der Waals surface area (Å²) < 4.78 is 0. The first kappa shape index (κ1) is 8.88. The number of allylic oxidation sites excluding steroid dienone is 1. The predicted molar refractivity (Wildman–Crippen MR) is 54.3 cm³/mol. The summed E-state index contributed by atoms with van der Waals surface area (Å²) in [4.78, 5) is 22.7. The molecule has 0 unspecified atom stereocenters. The third-order valence-corrected chi connectivity index (χ3v) is 2.38. The summed E-state index contributed by atoms with van der Waals surface area (Å²) in [6.07, 6.45) is 3.04. The number of carbonyl (C=O) groups is 2. The van der Waals surface area contributed by atoms with Crippen molar-refractivity contribution in [2.45, 2.75) is 13.8 Å². The van der Waals surface area contributed by atoms with Gasteiger partial charge in [-0.05, 0) is 31.1 Å². The quantitative estimate of drug-likeness (QED) is 0.581. The fraction of sp³-hybridized carbons (Fsp3) is 0.167. The molecule has 0 saturated carbocycles. The Bertz CT molecular complexity index is 467. The molecule has 1 aromatic rings. The van der Waals surface area contributed by atoms with Gasteiger partial charge in [-0.25, -0.2) is 0 Å². The van der Waals surface area contributed by atoms with Gasteiger partial charge in [0.15, 0.2) is 0 Å². The van der Waals surface area contributed by atoms with Crippen LogP contribution < -0.4 is 0 Å². The van der Waals surface area contributed by atoms with Gasteiger partial charge < -0.3 is 0 Å². The first-order valence-corrected chi connectivity index (χ1v) is 4.47. The van der Waals surface area contributed by atoms with Crippen LogP contribution in [-0.4, -0.2) is 11.6 Å². The molecular formula is C12H10O2. The van der Waals surface area contributed by atoms with Crippen molar-refractivity contribution < 1.29 is 9.59 Å². The maximum Gasteiger partial charge on any atom is 0.233 e. The Morgan fingerprint density at radius 3 is 2.43 bits per heavy atom. The van der Waals surface area contributed by atoms with Gasteiger partial charge in [-0.2, -0.15) is 0 Å². The summed E-state index contributed by atoms with van der Waals surface area (Å²) in [5.74, 6) is -0.815. The summed E-state index contributed by atoms with van der Waals surface area (Å²) in [6.45, 7) is 3.83. The van der Waals surface area contributed by atoms with E-state index in [1.807, 2.05) is 26.0 Å². The van der Waals surface area contributed by atoms with Crippen molar-refractivity contribution >= 4 is 17.6 Å². The topological polar surface area (TPSA) is 34.1 Å². The summed E-state index contributed by atoms with van der Waals surface area (Å²) in [5, 5.41) is 0. The molecule has 0 aliphatic heterocycles. The second-order valence-electron chi connectivity index (χ2n) is 3.57. The lowest BCUT2D eigenvalue weighted by Gasteiger charge is -2.12. The average Bonchev–Trinajstić information content (AvgIpc) is 2.10. The molecule has 0 amide bonds. The van der Waals surface area contributed by atoms with Crippen LogP contribution in [0.3, 0.4) is 0 Å². The van der Waals surface area contributed by atoms with Gasteiger partial charge in [-0.1, -0.05) is 23.8 Å². The molecule has 1 aromatic carbocycles. The molecule has 2 rings (SSSR count). The van der Waals surface area contributed by atoms with E-state index < -0.39 is 5.78 Å². The van der Waals surface area contributed by atoms with Crippen LogP contribution in [0.15, 0.2) is 18.2 Å². The van der Waals surface area contributed by atoms with Gasteiger partial charge in [-0.15, -0.1) is 0 Å². The van der Waals surface area contributed by atoms with E-state index in [0.717, 1.165) is 16.7 Å². The Balaban J connectivity index is 2.75. The van der Waals surface area contributed by atoms with E-state index in [1.165, 1.54) is 6.08 Å². The van der Waals surface area contributed by atoms with Crippen LogP contribution in [-0.2, 0) is 4.79 Å². The van der Waals surface area contributed by atoms with Crippen molar-refractivity contribution in [1.29, 1.82) is 0 Å². The zero-order chi connectivity index (χ0) is 10.3. The number of benzene rings is 1. The molecule has 1 aliphatic carbocycles. The number of rotatable bonds is 0. The lowest BCUT2D eigenvalue weighted by atomic mass is 9.90. The molecule has 2 heteroatoms. The third-order valence-electron chi connectivity index (χ3n) is 2.38. The largest absolute Gasteiger partial charge is 0.286 e. The molecule has 2 nitrogen and oxygen atoms in total. The molecule has 1 aliphatic rings. The van der Waals surface area contributed by atoms with E-state index in [0.29, 0.717) is 5.56 Å². The van der Waals surface area contributed by atoms with Crippen LogP contribution in [0.2, 0.25) is 0 Å². The zero-order valence-corrected chi connectivity index (χ0v) is 8.13. The van der Waals surface area contributed by atoms with Crippen molar-refractivity contribution in [3.63, 3.8) is 0 Å². The minimum Gasteiger partial charge on any atom is -0.286 e. The normalized spacial score (nSPS) is 14.4. The van der Waals surface area contributed by atoms with Gasteiger partial charge in [0.05, 0.1) is 0 Å². The number of ketones is 2. The Labute approximate surface area is 82.2 Å². The maximum atomic E-state index is 11.5. The summed E-state index contributed by atoms with van der Waals surface area (Å²) in [5.41, 5.74) is 3.39. The maximum absolute atomic E-state index is 11.5. The van der Waals surface area contributed by atoms with Crippen LogP contribution in [0.1, 0.15) is 27.0 Å². The Morgan fingerprint density at radius 2 is 1.71 bits per heavy atom. The molecule has 0 radical (unpaired) electrons. The van der Waals surface area contributed by atoms with Crippen molar-refractivity contribution in [3.8, 4) is 0 Å². The molecule has 0 bridgehead atoms. The smallest absolute Gasteiger partial charge is 0.233 e. The first-order valence-electron chi connectivity index (χ1n) is 4.47. The van der Waals surface area contributed by atoms with Crippen LogP contribution >= 0.6 is 0 Å². The lowest BCUT2D eigenvalue weighted by molar-refractivity contribution is -0.110. The van der Waals surface area contributed by atoms with Crippen molar-refractivity contribution in [2.24, 2.45) is 0 Å². The van der Waals surface area contributed by atoms with Gasteiger partial charge in [0, 0.05) is 5.56 Å². The Kier molecular flexibility index (Phi) is 1.84. The fourth-order valence-corrected chi connectivity index (χ4v) is 1.81. The van der Waals surface area contributed by atoms with E-state index in [2.05, 4.69) is 0 Å². The summed E-state index contributed by atoms with van der Waals surface area (Å²) in [7, 11) is 0. The summed E-state index contributed by atoms with van der Waals surface area (Å²) >= 11 is 0. The molecular weight excluding hydrogens is 176 g/mol. The van der Waals surface area contributed by atoms with E-state index >= 15 is 0 Å². The van der Waals surface area contributed by atoms with E-state index in [9.17, 15) is 9.59 Å². The van der Waals surface area contributed by atoms with Gasteiger partial charge >= 0.3 is 0 Å². The number of Topliss-reactive ketones (excluding diaryl/α,β-unsaturated/α-hetero) is 1. The highest BCUT2D eigenvalue weighted by Crippen LogP contribution is 2.22. The molecule has 0 heterocycles. The van der Waals surface area contributed by atoms with E-state index in [1.54, 1.807) is 6.08 Å².